The van der Waals surface area contributed by atoms with Crippen LogP contribution in [0.25, 0.3) is 0 Å². The molecule has 44 heavy (non-hydrogen) atoms. The Morgan fingerprint density at radius 2 is 1.66 bits per heavy atom. The highest BCUT2D eigenvalue weighted by Crippen LogP contribution is 2.33. The molecule has 0 aliphatic rings. The Hall–Kier alpha value is -3.77. The minimum absolute atomic E-state index is 0.0914. The maximum Gasteiger partial charge on any atom is 0.264 e. The van der Waals surface area contributed by atoms with Crippen LogP contribution in [0.1, 0.15) is 39.2 Å². The normalized spacial score (nSPS) is 11.8. The zero-order chi connectivity index (χ0) is 32.3. The quantitative estimate of drug-likeness (QED) is 0.201. The lowest BCUT2D eigenvalue weighted by Gasteiger charge is -2.32. The molecule has 0 spiro atoms. The third kappa shape index (κ3) is 8.88. The fraction of sp³-hybridized carbons (Fsp3) is 0.375. The topological polar surface area (TPSA) is 114 Å². The number of nitrogens with zero attached hydrogens (tertiary/aromatic N) is 2. The molecule has 0 aliphatic heterocycles. The first-order valence-corrected chi connectivity index (χ1v) is 16.6. The van der Waals surface area contributed by atoms with Gasteiger partial charge in [-0.2, -0.15) is 0 Å². The van der Waals surface area contributed by atoms with E-state index in [2.05, 4.69) is 21.2 Å². The number of hydrogen-bond acceptors (Lipinski definition) is 7. The number of carbonyl (C=O) groups is 2. The number of benzene rings is 3. The van der Waals surface area contributed by atoms with E-state index >= 15 is 0 Å². The summed E-state index contributed by atoms with van der Waals surface area (Å²) in [6.07, 6.45) is 1.70. The number of rotatable bonds is 16. The van der Waals surface area contributed by atoms with E-state index in [1.165, 1.54) is 37.3 Å². The van der Waals surface area contributed by atoms with E-state index in [0.717, 1.165) is 27.2 Å². The van der Waals surface area contributed by atoms with E-state index in [9.17, 15) is 18.0 Å². The van der Waals surface area contributed by atoms with Crippen LogP contribution in [0.4, 0.5) is 5.69 Å². The van der Waals surface area contributed by atoms with Gasteiger partial charge in [0.1, 0.15) is 18.3 Å². The third-order valence-corrected chi connectivity index (χ3v) is 9.16. The van der Waals surface area contributed by atoms with Gasteiger partial charge >= 0.3 is 0 Å². The second kappa shape index (κ2) is 16.3. The van der Waals surface area contributed by atoms with Crippen molar-refractivity contribution >= 4 is 43.5 Å². The molecule has 12 heteroatoms. The molecule has 1 N–H and O–H groups in total. The Morgan fingerprint density at radius 1 is 0.955 bits per heavy atom. The molecule has 3 rings (SSSR count). The summed E-state index contributed by atoms with van der Waals surface area (Å²) in [6.45, 7) is 5.95. The van der Waals surface area contributed by atoms with Gasteiger partial charge in [0.2, 0.25) is 11.8 Å². The molecule has 1 atom stereocenters. The fourth-order valence-corrected chi connectivity index (χ4v) is 6.34. The number of ether oxygens (including phenoxy) is 3. The van der Waals surface area contributed by atoms with Gasteiger partial charge in [-0.25, -0.2) is 8.42 Å². The Bertz CT molecular complexity index is 1520. The van der Waals surface area contributed by atoms with E-state index in [0.29, 0.717) is 24.7 Å². The predicted octanol–water partition coefficient (Wildman–Crippen LogP) is 5.39. The van der Waals surface area contributed by atoms with Gasteiger partial charge in [-0.15, -0.1) is 0 Å². The van der Waals surface area contributed by atoms with Gasteiger partial charge in [-0.3, -0.25) is 13.9 Å². The van der Waals surface area contributed by atoms with E-state index in [4.69, 9.17) is 14.2 Å². The summed E-state index contributed by atoms with van der Waals surface area (Å²) in [4.78, 5) is 28.6. The molecule has 0 radical (unpaired) electrons. The van der Waals surface area contributed by atoms with Crippen molar-refractivity contribution in [3.63, 3.8) is 0 Å². The molecule has 0 aliphatic carbocycles. The summed E-state index contributed by atoms with van der Waals surface area (Å²) >= 11 is 3.46. The Kier molecular flexibility index (Phi) is 12.9. The fourth-order valence-electron chi connectivity index (χ4n) is 4.46. The summed E-state index contributed by atoms with van der Waals surface area (Å²) < 4.78 is 46.4. The number of amides is 2. The predicted molar refractivity (Wildman–Crippen MR) is 174 cm³/mol. The smallest absolute Gasteiger partial charge is 0.264 e. The van der Waals surface area contributed by atoms with Crippen molar-refractivity contribution in [3.05, 3.63) is 76.8 Å². The van der Waals surface area contributed by atoms with Gasteiger partial charge in [-0.05, 0) is 74.4 Å². The van der Waals surface area contributed by atoms with Crippen molar-refractivity contribution in [1.82, 2.24) is 10.2 Å². The van der Waals surface area contributed by atoms with Crippen molar-refractivity contribution in [2.75, 3.05) is 38.2 Å². The average molecular weight is 691 g/mol. The van der Waals surface area contributed by atoms with Crippen LogP contribution in [0.5, 0.6) is 17.2 Å². The highest BCUT2D eigenvalue weighted by atomic mass is 79.9. The molecule has 0 fully saturated rings. The minimum atomic E-state index is -4.31. The van der Waals surface area contributed by atoms with Crippen molar-refractivity contribution in [2.45, 2.75) is 51.1 Å². The summed E-state index contributed by atoms with van der Waals surface area (Å²) in [7, 11) is -1.44. The second-order valence-electron chi connectivity index (χ2n) is 9.93. The van der Waals surface area contributed by atoms with Crippen LogP contribution in [0, 0.1) is 0 Å². The Morgan fingerprint density at radius 3 is 2.27 bits per heavy atom. The van der Waals surface area contributed by atoms with Crippen LogP contribution in [0.15, 0.2) is 76.1 Å². The first-order chi connectivity index (χ1) is 21.0. The maximum absolute atomic E-state index is 14.2. The van der Waals surface area contributed by atoms with Crippen LogP contribution in [0.3, 0.4) is 0 Å². The molecular formula is C32H40BrN3O7S. The van der Waals surface area contributed by atoms with Gasteiger partial charge < -0.3 is 24.4 Å². The monoisotopic (exact) mass is 689 g/mol. The van der Waals surface area contributed by atoms with Crippen LogP contribution in [-0.2, 0) is 26.2 Å². The number of methoxy groups -OCH3 is 2. The highest BCUT2D eigenvalue weighted by molar-refractivity contribution is 9.10. The van der Waals surface area contributed by atoms with Gasteiger partial charge in [0.05, 0.1) is 31.4 Å². The first-order valence-electron chi connectivity index (χ1n) is 14.3. The van der Waals surface area contributed by atoms with Gasteiger partial charge in [0, 0.05) is 23.6 Å². The lowest BCUT2D eigenvalue weighted by atomic mass is 10.1. The molecule has 10 nitrogen and oxygen atoms in total. The Labute approximate surface area is 268 Å². The molecule has 238 valence electrons. The number of nitrogens with one attached hydrogen (secondary N) is 1. The number of halogens is 1. The van der Waals surface area contributed by atoms with E-state index in [-0.39, 0.29) is 28.8 Å². The summed E-state index contributed by atoms with van der Waals surface area (Å²) in [5.41, 5.74) is 1.02. The molecule has 0 aromatic heterocycles. The molecule has 0 bridgehead atoms. The summed E-state index contributed by atoms with van der Waals surface area (Å²) in [6, 6.07) is 17.2. The Balaban J connectivity index is 2.06. The van der Waals surface area contributed by atoms with Crippen molar-refractivity contribution < 1.29 is 32.2 Å². The lowest BCUT2D eigenvalue weighted by Crippen LogP contribution is -2.51. The number of unbranched alkanes of at least 4 members (excludes halogenated alkanes) is 1. The van der Waals surface area contributed by atoms with E-state index in [1.54, 1.807) is 31.2 Å². The van der Waals surface area contributed by atoms with Gasteiger partial charge in [0.15, 0.2) is 11.5 Å². The summed E-state index contributed by atoms with van der Waals surface area (Å²) in [5, 5.41) is 2.89. The molecule has 3 aromatic rings. The van der Waals surface area contributed by atoms with Crippen LogP contribution in [-0.4, -0.2) is 65.1 Å². The van der Waals surface area contributed by atoms with Crippen LogP contribution in [0.2, 0.25) is 0 Å². The van der Waals surface area contributed by atoms with Crippen LogP contribution < -0.4 is 23.8 Å². The van der Waals surface area contributed by atoms with Crippen LogP contribution >= 0.6 is 15.9 Å². The number of sulfonamides is 1. The molecule has 3 aromatic carbocycles. The molecule has 0 saturated heterocycles. The van der Waals surface area contributed by atoms with E-state index in [1.807, 2.05) is 38.1 Å². The average Bonchev–Trinajstić information content (AvgIpc) is 3.02. The van der Waals surface area contributed by atoms with Crippen molar-refractivity contribution in [1.29, 1.82) is 0 Å². The summed E-state index contributed by atoms with van der Waals surface area (Å²) in [5.74, 6) is 0.261. The standard InChI is InChI=1S/C32H40BrN3O7S/c1-6-8-18-34-32(38)23(3)35(21-24-10-9-11-25(33)19-24)31(37)22-36(26-12-14-27(15-13-26)43-7-2)44(39,40)28-16-17-29(41-4)30(20-28)42-5/h9-17,19-20,23H,6-8,18,21-22H2,1-5H3,(H,34,38)/t23-/m1/s1. The van der Waals surface area contributed by atoms with Gasteiger partial charge in [-0.1, -0.05) is 41.4 Å². The highest BCUT2D eigenvalue weighted by Gasteiger charge is 2.33. The van der Waals surface area contributed by atoms with Gasteiger partial charge in [0.25, 0.3) is 10.0 Å². The molecule has 2 amide bonds. The number of hydrogen-bond donors (Lipinski definition) is 1. The maximum atomic E-state index is 14.2. The van der Waals surface area contributed by atoms with E-state index < -0.39 is 28.5 Å². The zero-order valence-corrected chi connectivity index (χ0v) is 28.1. The molecule has 0 heterocycles. The van der Waals surface area contributed by atoms with Crippen molar-refractivity contribution in [2.24, 2.45) is 0 Å². The largest absolute Gasteiger partial charge is 0.494 e. The molecule has 0 unspecified atom stereocenters. The molecular weight excluding hydrogens is 650 g/mol. The number of carbonyl (C=O) groups excluding carboxylic acids is 2. The zero-order valence-electron chi connectivity index (χ0n) is 25.7. The minimum Gasteiger partial charge on any atom is -0.494 e. The first kappa shape index (κ1) is 34.7. The van der Waals surface area contributed by atoms with Crippen molar-refractivity contribution in [3.8, 4) is 17.2 Å². The molecule has 0 saturated carbocycles. The number of anilines is 1. The SMILES string of the molecule is CCCCNC(=O)[C@@H](C)N(Cc1cccc(Br)c1)C(=O)CN(c1ccc(OCC)cc1)S(=O)(=O)c1ccc(OC)c(OC)c1. The lowest BCUT2D eigenvalue weighted by molar-refractivity contribution is -0.139. The third-order valence-electron chi connectivity index (χ3n) is 6.90. The second-order valence-corrected chi connectivity index (χ2v) is 12.7.